The first-order valence-electron chi connectivity index (χ1n) is 4.52. The number of carboxylic acid groups (broad SMARTS) is 1. The molecule has 0 fully saturated rings. The molecule has 14 heavy (non-hydrogen) atoms. The summed E-state index contributed by atoms with van der Waals surface area (Å²) in [6, 6.07) is 7.78. The summed E-state index contributed by atoms with van der Waals surface area (Å²) >= 11 is 0. The Morgan fingerprint density at radius 2 is 1.71 bits per heavy atom. The van der Waals surface area contributed by atoms with E-state index in [4.69, 9.17) is 5.11 Å². The lowest BCUT2D eigenvalue weighted by molar-refractivity contribution is -0.136. The van der Waals surface area contributed by atoms with Crippen LogP contribution in [0.15, 0.2) is 24.3 Å². The molecular weight excluding hydrogens is 200 g/mol. The summed E-state index contributed by atoms with van der Waals surface area (Å²) in [6.07, 6.45) is 2.30. The Morgan fingerprint density at radius 3 is 2.14 bits per heavy atom. The van der Waals surface area contributed by atoms with E-state index in [2.05, 4.69) is 6.92 Å². The second kappa shape index (κ2) is 6.44. The van der Waals surface area contributed by atoms with Crippen LogP contribution in [-0.4, -0.2) is 11.1 Å². The zero-order valence-corrected chi connectivity index (χ0v) is 9.01. The number of aryl methyl sites for hydroxylation is 1. The molecule has 0 saturated carbocycles. The molecule has 0 aliphatic rings. The molecule has 1 aromatic carbocycles. The fraction of sp³-hybridized carbons (Fsp3) is 0.364. The number of carbonyl (C=O) groups is 1. The maximum atomic E-state index is 10.4. The molecule has 0 atom stereocenters. The van der Waals surface area contributed by atoms with Crippen molar-refractivity contribution in [3.8, 4) is 0 Å². The average molecular weight is 215 g/mol. The molecule has 0 unspecified atom stereocenters. The highest BCUT2D eigenvalue weighted by Gasteiger charge is 1.99. The quantitative estimate of drug-likeness (QED) is 0.837. The first-order valence-corrected chi connectivity index (χ1v) is 4.52. The van der Waals surface area contributed by atoms with E-state index in [9.17, 15) is 4.79 Å². The van der Waals surface area contributed by atoms with Crippen molar-refractivity contribution in [3.63, 3.8) is 0 Å². The van der Waals surface area contributed by atoms with Gasteiger partial charge < -0.3 is 5.11 Å². The van der Waals surface area contributed by atoms with E-state index in [1.54, 1.807) is 0 Å². The molecule has 0 aromatic heterocycles. The standard InChI is InChI=1S/C11H14O2.ClH/c1-2-3-9-4-6-10(7-5-9)8-11(12)13;/h4-7H,2-3,8H2,1H3,(H,12,13);1H. The van der Waals surface area contributed by atoms with Gasteiger partial charge in [0, 0.05) is 0 Å². The molecule has 0 saturated heterocycles. The van der Waals surface area contributed by atoms with Gasteiger partial charge in [-0.2, -0.15) is 0 Å². The third-order valence-corrected chi connectivity index (χ3v) is 1.92. The van der Waals surface area contributed by atoms with Crippen molar-refractivity contribution in [2.75, 3.05) is 0 Å². The second-order valence-corrected chi connectivity index (χ2v) is 3.14. The molecule has 3 heteroatoms. The van der Waals surface area contributed by atoms with Gasteiger partial charge in [0.25, 0.3) is 0 Å². The second-order valence-electron chi connectivity index (χ2n) is 3.14. The number of hydrogen-bond donors (Lipinski definition) is 1. The van der Waals surface area contributed by atoms with Gasteiger partial charge in [-0.1, -0.05) is 37.6 Å². The summed E-state index contributed by atoms with van der Waals surface area (Å²) < 4.78 is 0. The molecular formula is C11H15ClO2. The van der Waals surface area contributed by atoms with E-state index >= 15 is 0 Å². The number of aliphatic carboxylic acids is 1. The average Bonchev–Trinajstić information content (AvgIpc) is 2.08. The first-order chi connectivity index (χ1) is 6.22. The Balaban J connectivity index is 0.00000169. The van der Waals surface area contributed by atoms with Crippen LogP contribution in [0.4, 0.5) is 0 Å². The monoisotopic (exact) mass is 214 g/mol. The lowest BCUT2D eigenvalue weighted by Crippen LogP contribution is -1.99. The van der Waals surface area contributed by atoms with Crippen molar-refractivity contribution in [3.05, 3.63) is 35.4 Å². The lowest BCUT2D eigenvalue weighted by atomic mass is 10.1. The van der Waals surface area contributed by atoms with Crippen molar-refractivity contribution in [1.82, 2.24) is 0 Å². The van der Waals surface area contributed by atoms with Gasteiger partial charge in [0.2, 0.25) is 0 Å². The summed E-state index contributed by atoms with van der Waals surface area (Å²) in [7, 11) is 0. The summed E-state index contributed by atoms with van der Waals surface area (Å²) in [4.78, 5) is 10.4. The Hall–Kier alpha value is -1.02. The zero-order valence-electron chi connectivity index (χ0n) is 8.19. The van der Waals surface area contributed by atoms with Gasteiger partial charge in [0.05, 0.1) is 6.42 Å². The molecule has 78 valence electrons. The highest BCUT2D eigenvalue weighted by Crippen LogP contribution is 2.07. The number of rotatable bonds is 4. The topological polar surface area (TPSA) is 37.3 Å². The molecule has 0 spiro atoms. The summed E-state index contributed by atoms with van der Waals surface area (Å²) in [5.41, 5.74) is 2.14. The third kappa shape index (κ3) is 4.28. The van der Waals surface area contributed by atoms with E-state index in [1.165, 1.54) is 5.56 Å². The number of carboxylic acids is 1. The summed E-state index contributed by atoms with van der Waals surface area (Å²) in [5.74, 6) is -0.775. The molecule has 0 bridgehead atoms. The normalized spacial score (nSPS) is 9.21. The Kier molecular flexibility index (Phi) is 5.97. The maximum absolute atomic E-state index is 10.4. The van der Waals surface area contributed by atoms with Gasteiger partial charge >= 0.3 is 5.97 Å². The SMILES string of the molecule is CCCc1ccc(CC(=O)O)cc1.Cl. The van der Waals surface area contributed by atoms with Crippen molar-refractivity contribution >= 4 is 18.4 Å². The molecule has 1 N–H and O–H groups in total. The molecule has 0 amide bonds. The Labute approximate surface area is 90.4 Å². The smallest absolute Gasteiger partial charge is 0.307 e. The largest absolute Gasteiger partial charge is 0.481 e. The van der Waals surface area contributed by atoms with Gasteiger partial charge in [-0.15, -0.1) is 12.4 Å². The fourth-order valence-electron chi connectivity index (χ4n) is 1.29. The van der Waals surface area contributed by atoms with Crippen molar-refractivity contribution in [2.45, 2.75) is 26.2 Å². The minimum atomic E-state index is -0.775. The molecule has 2 nitrogen and oxygen atoms in total. The predicted molar refractivity (Wildman–Crippen MR) is 59.0 cm³/mol. The number of hydrogen-bond acceptors (Lipinski definition) is 1. The lowest BCUT2D eigenvalue weighted by Gasteiger charge is -2.00. The van der Waals surface area contributed by atoms with Crippen LogP contribution < -0.4 is 0 Å². The third-order valence-electron chi connectivity index (χ3n) is 1.92. The molecule has 0 aliphatic carbocycles. The van der Waals surface area contributed by atoms with Crippen LogP contribution in [0.1, 0.15) is 24.5 Å². The fourth-order valence-corrected chi connectivity index (χ4v) is 1.29. The van der Waals surface area contributed by atoms with Crippen LogP contribution >= 0.6 is 12.4 Å². The minimum Gasteiger partial charge on any atom is -0.481 e. The van der Waals surface area contributed by atoms with Crippen molar-refractivity contribution < 1.29 is 9.90 Å². The molecule has 0 heterocycles. The highest BCUT2D eigenvalue weighted by atomic mass is 35.5. The highest BCUT2D eigenvalue weighted by molar-refractivity contribution is 5.85. The van der Waals surface area contributed by atoms with Gasteiger partial charge in [-0.25, -0.2) is 0 Å². The van der Waals surface area contributed by atoms with E-state index in [0.717, 1.165) is 18.4 Å². The van der Waals surface area contributed by atoms with Gasteiger partial charge in [0.15, 0.2) is 0 Å². The first kappa shape index (κ1) is 13.0. The molecule has 0 aliphatic heterocycles. The van der Waals surface area contributed by atoms with E-state index < -0.39 is 5.97 Å². The summed E-state index contributed by atoms with van der Waals surface area (Å²) in [6.45, 7) is 2.13. The van der Waals surface area contributed by atoms with Crippen LogP contribution in [0.2, 0.25) is 0 Å². The Morgan fingerprint density at radius 1 is 1.21 bits per heavy atom. The van der Waals surface area contributed by atoms with E-state index in [1.807, 2.05) is 24.3 Å². The van der Waals surface area contributed by atoms with Crippen LogP contribution in [0, 0.1) is 0 Å². The minimum absolute atomic E-state index is 0. The molecule has 0 radical (unpaired) electrons. The van der Waals surface area contributed by atoms with Crippen molar-refractivity contribution in [2.24, 2.45) is 0 Å². The van der Waals surface area contributed by atoms with Gasteiger partial charge in [-0.05, 0) is 17.5 Å². The van der Waals surface area contributed by atoms with Crippen LogP contribution in [0.5, 0.6) is 0 Å². The molecule has 1 aromatic rings. The van der Waals surface area contributed by atoms with E-state index in [-0.39, 0.29) is 18.8 Å². The van der Waals surface area contributed by atoms with Crippen LogP contribution in [-0.2, 0) is 17.6 Å². The van der Waals surface area contributed by atoms with E-state index in [0.29, 0.717) is 0 Å². The predicted octanol–water partition coefficient (Wildman–Crippen LogP) is 2.69. The number of halogens is 1. The van der Waals surface area contributed by atoms with Crippen molar-refractivity contribution in [1.29, 1.82) is 0 Å². The maximum Gasteiger partial charge on any atom is 0.307 e. The van der Waals surface area contributed by atoms with Crippen LogP contribution in [0.3, 0.4) is 0 Å². The Bertz CT molecular complexity index is 280. The van der Waals surface area contributed by atoms with Crippen LogP contribution in [0.25, 0.3) is 0 Å². The zero-order chi connectivity index (χ0) is 9.68. The number of benzene rings is 1. The van der Waals surface area contributed by atoms with Gasteiger partial charge in [0.1, 0.15) is 0 Å². The summed E-state index contributed by atoms with van der Waals surface area (Å²) in [5, 5.41) is 8.54. The van der Waals surface area contributed by atoms with Gasteiger partial charge in [-0.3, -0.25) is 4.79 Å². The molecule has 1 rings (SSSR count).